The molecule has 0 bridgehead atoms. The molecule has 3 nitrogen and oxygen atoms in total. The number of carbonyl (C=O) groups is 2. The number of ketones is 1. The van der Waals surface area contributed by atoms with Crippen molar-refractivity contribution < 1.29 is 14.0 Å². The quantitative estimate of drug-likeness (QED) is 0.857. The summed E-state index contributed by atoms with van der Waals surface area (Å²) >= 11 is 0. The van der Waals surface area contributed by atoms with Crippen LogP contribution in [-0.4, -0.2) is 11.7 Å². The second-order valence-electron chi connectivity index (χ2n) is 6.93. The van der Waals surface area contributed by atoms with Crippen LogP contribution < -0.4 is 5.32 Å². The number of rotatable bonds is 3. The lowest BCUT2D eigenvalue weighted by molar-refractivity contribution is -0.116. The molecule has 1 amide bonds. The van der Waals surface area contributed by atoms with Crippen LogP contribution in [0.1, 0.15) is 56.5 Å². The van der Waals surface area contributed by atoms with Gasteiger partial charge in [-0.2, -0.15) is 0 Å². The number of hydrogen-bond donors (Lipinski definition) is 1. The highest BCUT2D eigenvalue weighted by molar-refractivity contribution is 5.99. The molecule has 1 aliphatic rings. The van der Waals surface area contributed by atoms with E-state index in [1.165, 1.54) is 6.07 Å². The smallest absolute Gasteiger partial charge is 0.224 e. The summed E-state index contributed by atoms with van der Waals surface area (Å²) in [6, 6.07) is 2.86. The van der Waals surface area contributed by atoms with E-state index in [0.717, 1.165) is 5.56 Å². The molecule has 1 aromatic rings. The Bertz CT molecular complexity index is 587. The zero-order chi connectivity index (χ0) is 15.8. The van der Waals surface area contributed by atoms with Gasteiger partial charge in [-0.1, -0.05) is 27.7 Å². The summed E-state index contributed by atoms with van der Waals surface area (Å²) in [6.45, 7) is 8.23. The summed E-state index contributed by atoms with van der Waals surface area (Å²) < 4.78 is 14.1. The van der Waals surface area contributed by atoms with Crippen molar-refractivity contribution in [2.45, 2.75) is 47.0 Å². The van der Waals surface area contributed by atoms with Gasteiger partial charge in [0.1, 0.15) is 5.82 Å². The number of amides is 1. The monoisotopic (exact) mass is 291 g/mol. The van der Waals surface area contributed by atoms with Crippen LogP contribution in [0, 0.1) is 17.2 Å². The van der Waals surface area contributed by atoms with Gasteiger partial charge in [-0.3, -0.25) is 9.59 Å². The molecular formula is C17H22FNO2. The van der Waals surface area contributed by atoms with Crippen molar-refractivity contribution in [3.8, 4) is 0 Å². The van der Waals surface area contributed by atoms with Crippen molar-refractivity contribution in [2.24, 2.45) is 11.3 Å². The maximum Gasteiger partial charge on any atom is 0.224 e. The number of fused-ring (bicyclic) bond motifs is 1. The first-order chi connectivity index (χ1) is 9.68. The van der Waals surface area contributed by atoms with Crippen LogP contribution in [-0.2, 0) is 11.2 Å². The Balaban J connectivity index is 2.24. The van der Waals surface area contributed by atoms with E-state index in [2.05, 4.69) is 26.1 Å². The molecule has 0 saturated heterocycles. The van der Waals surface area contributed by atoms with Crippen LogP contribution in [0.2, 0.25) is 0 Å². The Hall–Kier alpha value is -1.71. The van der Waals surface area contributed by atoms with Gasteiger partial charge in [0.25, 0.3) is 0 Å². The molecule has 21 heavy (non-hydrogen) atoms. The molecule has 0 radical (unpaired) electrons. The zero-order valence-corrected chi connectivity index (χ0v) is 13.0. The fourth-order valence-electron chi connectivity index (χ4n) is 2.31. The van der Waals surface area contributed by atoms with E-state index in [9.17, 15) is 14.0 Å². The number of carbonyl (C=O) groups excluding carboxylic acids is 2. The second kappa shape index (κ2) is 5.58. The number of halogens is 1. The van der Waals surface area contributed by atoms with Gasteiger partial charge in [0.05, 0.1) is 5.56 Å². The highest BCUT2D eigenvalue weighted by atomic mass is 19.1. The van der Waals surface area contributed by atoms with Crippen LogP contribution in [0.15, 0.2) is 12.1 Å². The van der Waals surface area contributed by atoms with Crippen LogP contribution in [0.4, 0.5) is 10.1 Å². The number of Topliss-reactive ketones (excluding diaryl/α,β-unsaturated/α-hetero) is 1. The van der Waals surface area contributed by atoms with Crippen LogP contribution in [0.5, 0.6) is 0 Å². The molecule has 0 spiro atoms. The SMILES string of the molecule is CC(CC(=O)c1cc2c(cc1F)NC(=O)CC2)C(C)(C)C. The Morgan fingerprint density at radius 3 is 2.62 bits per heavy atom. The highest BCUT2D eigenvalue weighted by Crippen LogP contribution is 2.31. The minimum absolute atomic E-state index is 0.00825. The van der Waals surface area contributed by atoms with Crippen molar-refractivity contribution in [1.82, 2.24) is 0 Å². The van der Waals surface area contributed by atoms with Crippen molar-refractivity contribution >= 4 is 17.4 Å². The fourth-order valence-corrected chi connectivity index (χ4v) is 2.31. The fraction of sp³-hybridized carbons (Fsp3) is 0.529. The topological polar surface area (TPSA) is 46.2 Å². The summed E-state index contributed by atoms with van der Waals surface area (Å²) in [7, 11) is 0. The molecule has 1 unspecified atom stereocenters. The summed E-state index contributed by atoms with van der Waals surface area (Å²) in [5, 5.41) is 2.64. The normalized spacial score (nSPS) is 16.1. The molecule has 1 heterocycles. The van der Waals surface area contributed by atoms with Crippen molar-refractivity contribution in [1.29, 1.82) is 0 Å². The molecule has 0 saturated carbocycles. The minimum atomic E-state index is -0.554. The lowest BCUT2D eigenvalue weighted by atomic mass is 9.78. The third-order valence-electron chi connectivity index (χ3n) is 4.36. The van der Waals surface area contributed by atoms with Gasteiger partial charge in [0.2, 0.25) is 5.91 Å². The van der Waals surface area contributed by atoms with Gasteiger partial charge in [0.15, 0.2) is 5.78 Å². The van der Waals surface area contributed by atoms with Gasteiger partial charge in [-0.25, -0.2) is 4.39 Å². The second-order valence-corrected chi connectivity index (χ2v) is 6.93. The largest absolute Gasteiger partial charge is 0.326 e. The number of anilines is 1. The first kappa shape index (κ1) is 15.7. The average Bonchev–Trinajstić information content (AvgIpc) is 2.36. The number of aryl methyl sites for hydroxylation is 1. The molecule has 0 aliphatic carbocycles. The molecule has 0 fully saturated rings. The third kappa shape index (κ3) is 3.49. The molecule has 114 valence electrons. The van der Waals surface area contributed by atoms with E-state index in [1.807, 2.05) is 6.92 Å². The number of hydrogen-bond acceptors (Lipinski definition) is 2. The first-order valence-corrected chi connectivity index (χ1v) is 7.34. The maximum atomic E-state index is 14.1. The Labute approximate surface area is 124 Å². The summed E-state index contributed by atoms with van der Waals surface area (Å²) in [4.78, 5) is 23.7. The molecule has 1 aromatic carbocycles. The van der Waals surface area contributed by atoms with E-state index in [0.29, 0.717) is 24.9 Å². The Morgan fingerprint density at radius 1 is 1.33 bits per heavy atom. The average molecular weight is 291 g/mol. The van der Waals surface area contributed by atoms with Gasteiger partial charge in [-0.05, 0) is 35.4 Å². The van der Waals surface area contributed by atoms with E-state index >= 15 is 0 Å². The van der Waals surface area contributed by atoms with Crippen LogP contribution in [0.3, 0.4) is 0 Å². The molecule has 4 heteroatoms. The first-order valence-electron chi connectivity index (χ1n) is 7.34. The van der Waals surface area contributed by atoms with Crippen LogP contribution >= 0.6 is 0 Å². The highest BCUT2D eigenvalue weighted by Gasteiger charge is 2.26. The predicted molar refractivity (Wildman–Crippen MR) is 80.9 cm³/mol. The third-order valence-corrected chi connectivity index (χ3v) is 4.36. The van der Waals surface area contributed by atoms with Gasteiger partial charge < -0.3 is 5.32 Å². The van der Waals surface area contributed by atoms with E-state index in [-0.39, 0.29) is 28.6 Å². The lowest BCUT2D eigenvalue weighted by Gasteiger charge is -2.26. The Morgan fingerprint density at radius 2 is 2.00 bits per heavy atom. The van der Waals surface area contributed by atoms with Crippen molar-refractivity contribution in [3.63, 3.8) is 0 Å². The number of benzene rings is 1. The molecule has 1 N–H and O–H groups in total. The predicted octanol–water partition coefficient (Wildman–Crippen LogP) is 3.97. The van der Waals surface area contributed by atoms with E-state index < -0.39 is 5.82 Å². The molecular weight excluding hydrogens is 269 g/mol. The molecule has 1 aliphatic heterocycles. The molecule has 0 aromatic heterocycles. The summed E-state index contributed by atoms with van der Waals surface area (Å²) in [5.74, 6) is -0.667. The molecule has 2 rings (SSSR count). The van der Waals surface area contributed by atoms with Gasteiger partial charge in [0, 0.05) is 18.5 Å². The summed E-state index contributed by atoms with van der Waals surface area (Å²) in [5.41, 5.74) is 1.47. The maximum absolute atomic E-state index is 14.1. The van der Waals surface area contributed by atoms with Gasteiger partial charge in [-0.15, -0.1) is 0 Å². The van der Waals surface area contributed by atoms with Crippen LogP contribution in [0.25, 0.3) is 0 Å². The van der Waals surface area contributed by atoms with Crippen molar-refractivity contribution in [2.75, 3.05) is 5.32 Å². The van der Waals surface area contributed by atoms with Crippen molar-refractivity contribution in [3.05, 3.63) is 29.1 Å². The van der Waals surface area contributed by atoms with Gasteiger partial charge >= 0.3 is 0 Å². The molecule has 1 atom stereocenters. The minimum Gasteiger partial charge on any atom is -0.326 e. The zero-order valence-electron chi connectivity index (χ0n) is 13.0. The Kier molecular flexibility index (Phi) is 4.17. The number of nitrogens with one attached hydrogen (secondary N) is 1. The standard InChI is InChI=1S/C17H22FNO2/c1-10(17(2,3)4)7-15(20)12-8-11-5-6-16(21)19-14(11)9-13(12)18/h8-10H,5-7H2,1-4H3,(H,19,21). The summed E-state index contributed by atoms with van der Waals surface area (Å²) in [6.07, 6.45) is 1.26. The van der Waals surface area contributed by atoms with E-state index in [4.69, 9.17) is 0 Å². The lowest BCUT2D eigenvalue weighted by Crippen LogP contribution is -2.22. The van der Waals surface area contributed by atoms with E-state index in [1.54, 1.807) is 6.07 Å².